The Labute approximate surface area is 161 Å². The number of sulfonamides is 1. The SMILES string of the molecule is COc1cccc(CCNC(=O)c2ccc(S(=O)(=O)NC(C)(C)C)cc2)c1. The molecule has 0 heterocycles. The third-order valence-electron chi connectivity index (χ3n) is 3.70. The molecule has 0 spiro atoms. The monoisotopic (exact) mass is 390 g/mol. The van der Waals surface area contributed by atoms with Crippen LogP contribution in [0.5, 0.6) is 5.75 Å². The van der Waals surface area contributed by atoms with Gasteiger partial charge in [0.05, 0.1) is 12.0 Å². The summed E-state index contributed by atoms with van der Waals surface area (Å²) in [5.74, 6) is 0.533. The molecule has 27 heavy (non-hydrogen) atoms. The summed E-state index contributed by atoms with van der Waals surface area (Å²) in [6.07, 6.45) is 0.672. The van der Waals surface area contributed by atoms with Gasteiger partial charge < -0.3 is 10.1 Å². The minimum atomic E-state index is -3.61. The van der Waals surface area contributed by atoms with Crippen LogP contribution in [0.2, 0.25) is 0 Å². The number of hydrogen-bond donors (Lipinski definition) is 2. The van der Waals surface area contributed by atoms with E-state index in [-0.39, 0.29) is 10.8 Å². The van der Waals surface area contributed by atoms with Gasteiger partial charge in [0, 0.05) is 17.6 Å². The predicted molar refractivity (Wildman–Crippen MR) is 106 cm³/mol. The lowest BCUT2D eigenvalue weighted by Crippen LogP contribution is -2.40. The van der Waals surface area contributed by atoms with Crippen molar-refractivity contribution in [2.24, 2.45) is 0 Å². The van der Waals surface area contributed by atoms with Crippen LogP contribution in [0.15, 0.2) is 53.4 Å². The van der Waals surface area contributed by atoms with Crippen molar-refractivity contribution in [3.05, 3.63) is 59.7 Å². The van der Waals surface area contributed by atoms with Crippen molar-refractivity contribution in [2.75, 3.05) is 13.7 Å². The molecule has 0 atom stereocenters. The van der Waals surface area contributed by atoms with Gasteiger partial charge in [0.2, 0.25) is 10.0 Å². The van der Waals surface area contributed by atoms with Gasteiger partial charge in [-0.05, 0) is 69.2 Å². The van der Waals surface area contributed by atoms with Crippen molar-refractivity contribution >= 4 is 15.9 Å². The van der Waals surface area contributed by atoms with Gasteiger partial charge in [-0.15, -0.1) is 0 Å². The van der Waals surface area contributed by atoms with E-state index in [0.29, 0.717) is 18.5 Å². The van der Waals surface area contributed by atoms with E-state index in [0.717, 1.165) is 11.3 Å². The third kappa shape index (κ3) is 6.37. The standard InChI is InChI=1S/C20H26N2O4S/c1-20(2,3)22-27(24,25)18-10-8-16(9-11-18)19(23)21-13-12-15-6-5-7-17(14-15)26-4/h5-11,14,22H,12-13H2,1-4H3,(H,21,23). The Kier molecular flexibility index (Phi) is 6.62. The number of nitrogens with one attached hydrogen (secondary N) is 2. The van der Waals surface area contributed by atoms with Gasteiger partial charge in [-0.3, -0.25) is 4.79 Å². The first-order valence-electron chi connectivity index (χ1n) is 8.66. The Morgan fingerprint density at radius 2 is 1.74 bits per heavy atom. The van der Waals surface area contributed by atoms with Crippen molar-refractivity contribution in [1.82, 2.24) is 10.0 Å². The second-order valence-corrected chi connectivity index (χ2v) is 8.92. The van der Waals surface area contributed by atoms with Crippen LogP contribution in [-0.2, 0) is 16.4 Å². The maximum Gasteiger partial charge on any atom is 0.251 e. The summed E-state index contributed by atoms with van der Waals surface area (Å²) in [4.78, 5) is 12.4. The highest BCUT2D eigenvalue weighted by molar-refractivity contribution is 7.89. The lowest BCUT2D eigenvalue weighted by atomic mass is 10.1. The summed E-state index contributed by atoms with van der Waals surface area (Å²) in [7, 11) is -2.00. The van der Waals surface area contributed by atoms with E-state index in [4.69, 9.17) is 4.74 Å². The average molecular weight is 391 g/mol. The highest BCUT2D eigenvalue weighted by Gasteiger charge is 2.22. The number of carbonyl (C=O) groups excluding carboxylic acids is 1. The van der Waals surface area contributed by atoms with Gasteiger partial charge in [0.15, 0.2) is 0 Å². The molecule has 7 heteroatoms. The number of methoxy groups -OCH3 is 1. The highest BCUT2D eigenvalue weighted by Crippen LogP contribution is 2.15. The molecule has 0 bridgehead atoms. The molecule has 0 saturated heterocycles. The van der Waals surface area contributed by atoms with Crippen LogP contribution in [-0.4, -0.2) is 33.5 Å². The first kappa shape index (κ1) is 20.9. The van der Waals surface area contributed by atoms with Crippen LogP contribution in [0.1, 0.15) is 36.7 Å². The van der Waals surface area contributed by atoms with E-state index in [9.17, 15) is 13.2 Å². The Morgan fingerprint density at radius 3 is 2.33 bits per heavy atom. The van der Waals surface area contributed by atoms with Gasteiger partial charge in [0.25, 0.3) is 5.91 Å². The fraction of sp³-hybridized carbons (Fsp3) is 0.350. The van der Waals surface area contributed by atoms with Crippen LogP contribution < -0.4 is 14.8 Å². The van der Waals surface area contributed by atoms with E-state index >= 15 is 0 Å². The average Bonchev–Trinajstić information content (AvgIpc) is 2.60. The topological polar surface area (TPSA) is 84.5 Å². The minimum Gasteiger partial charge on any atom is -0.497 e. The lowest BCUT2D eigenvalue weighted by Gasteiger charge is -2.20. The fourth-order valence-electron chi connectivity index (χ4n) is 2.50. The van der Waals surface area contributed by atoms with E-state index in [1.807, 2.05) is 24.3 Å². The summed E-state index contributed by atoms with van der Waals surface area (Å²) in [6.45, 7) is 5.79. The molecule has 0 fully saturated rings. The van der Waals surface area contributed by atoms with Gasteiger partial charge in [-0.2, -0.15) is 0 Å². The van der Waals surface area contributed by atoms with Gasteiger partial charge >= 0.3 is 0 Å². The zero-order valence-electron chi connectivity index (χ0n) is 16.1. The van der Waals surface area contributed by atoms with Crippen LogP contribution in [0.25, 0.3) is 0 Å². The molecule has 6 nitrogen and oxygen atoms in total. The quantitative estimate of drug-likeness (QED) is 0.761. The van der Waals surface area contributed by atoms with E-state index in [2.05, 4.69) is 10.0 Å². The van der Waals surface area contributed by atoms with Gasteiger partial charge in [-0.25, -0.2) is 13.1 Å². The molecule has 2 aromatic carbocycles. The Hall–Kier alpha value is -2.38. The predicted octanol–water partition coefficient (Wildman–Crippen LogP) is 2.74. The molecule has 0 unspecified atom stereocenters. The molecular weight excluding hydrogens is 364 g/mol. The maximum atomic E-state index is 12.3. The lowest BCUT2D eigenvalue weighted by molar-refractivity contribution is 0.0954. The highest BCUT2D eigenvalue weighted by atomic mass is 32.2. The van der Waals surface area contributed by atoms with Gasteiger partial charge in [-0.1, -0.05) is 12.1 Å². The molecule has 146 valence electrons. The molecule has 0 aliphatic heterocycles. The second kappa shape index (κ2) is 8.54. The number of carbonyl (C=O) groups is 1. The normalized spacial score (nSPS) is 11.9. The van der Waals surface area contributed by atoms with Crippen LogP contribution in [0.4, 0.5) is 0 Å². The smallest absolute Gasteiger partial charge is 0.251 e. The van der Waals surface area contributed by atoms with Crippen molar-refractivity contribution < 1.29 is 17.9 Å². The zero-order chi connectivity index (χ0) is 20.1. The summed E-state index contributed by atoms with van der Waals surface area (Å²) in [6, 6.07) is 13.6. The largest absolute Gasteiger partial charge is 0.497 e. The molecule has 0 saturated carbocycles. The molecule has 1 amide bonds. The maximum absolute atomic E-state index is 12.3. The molecule has 0 aliphatic rings. The van der Waals surface area contributed by atoms with Crippen molar-refractivity contribution in [3.63, 3.8) is 0 Å². The molecule has 2 aromatic rings. The van der Waals surface area contributed by atoms with Crippen LogP contribution >= 0.6 is 0 Å². The zero-order valence-corrected chi connectivity index (χ0v) is 16.9. The van der Waals surface area contributed by atoms with Crippen LogP contribution in [0, 0.1) is 0 Å². The van der Waals surface area contributed by atoms with E-state index in [1.54, 1.807) is 27.9 Å². The number of amides is 1. The van der Waals surface area contributed by atoms with Crippen molar-refractivity contribution in [2.45, 2.75) is 37.6 Å². The van der Waals surface area contributed by atoms with Crippen LogP contribution in [0.3, 0.4) is 0 Å². The summed E-state index contributed by atoms with van der Waals surface area (Å²) in [5.41, 5.74) is 0.898. The third-order valence-corrected chi connectivity index (χ3v) is 5.47. The van der Waals surface area contributed by atoms with E-state index < -0.39 is 15.6 Å². The molecule has 2 N–H and O–H groups in total. The molecule has 0 aliphatic carbocycles. The Morgan fingerprint density at radius 1 is 1.07 bits per heavy atom. The molecule has 2 rings (SSSR count). The Bertz CT molecular complexity index is 885. The molecular formula is C20H26N2O4S. The first-order chi connectivity index (χ1) is 12.6. The summed E-state index contributed by atoms with van der Waals surface area (Å²) < 4.78 is 32.3. The van der Waals surface area contributed by atoms with Crippen molar-refractivity contribution in [1.29, 1.82) is 0 Å². The van der Waals surface area contributed by atoms with Crippen molar-refractivity contribution in [3.8, 4) is 5.75 Å². The summed E-state index contributed by atoms with van der Waals surface area (Å²) >= 11 is 0. The first-order valence-corrected chi connectivity index (χ1v) is 10.1. The number of benzene rings is 2. The Balaban J connectivity index is 1.95. The second-order valence-electron chi connectivity index (χ2n) is 7.24. The number of rotatable bonds is 7. The van der Waals surface area contributed by atoms with E-state index in [1.165, 1.54) is 24.3 Å². The molecule has 0 radical (unpaired) electrons. The minimum absolute atomic E-state index is 0.130. The number of ether oxygens (including phenoxy) is 1. The number of hydrogen-bond acceptors (Lipinski definition) is 4. The summed E-state index contributed by atoms with van der Waals surface area (Å²) in [5, 5.41) is 2.84. The fourth-order valence-corrected chi connectivity index (χ4v) is 3.92. The molecule has 0 aromatic heterocycles. The van der Waals surface area contributed by atoms with Gasteiger partial charge in [0.1, 0.15) is 5.75 Å².